The third-order valence-corrected chi connectivity index (χ3v) is 3.71. The monoisotopic (exact) mass is 346 g/mol. The molecule has 24 heavy (non-hydrogen) atoms. The van der Waals surface area contributed by atoms with E-state index in [1.165, 1.54) is 13.2 Å². The molecule has 2 rings (SSSR count). The van der Waals surface area contributed by atoms with Crippen LogP contribution in [0.1, 0.15) is 24.8 Å². The summed E-state index contributed by atoms with van der Waals surface area (Å²) in [7, 11) is 1.35. The number of amides is 1. The molecule has 134 valence electrons. The third kappa shape index (κ3) is 5.59. The largest absolute Gasteiger partial charge is 0.493 e. The number of halogens is 3. The van der Waals surface area contributed by atoms with Gasteiger partial charge in [-0.2, -0.15) is 13.2 Å². The minimum absolute atomic E-state index is 0.0128. The molecule has 2 N–H and O–H groups in total. The van der Waals surface area contributed by atoms with Crippen LogP contribution in [0.25, 0.3) is 0 Å². The van der Waals surface area contributed by atoms with Gasteiger partial charge in [0.25, 0.3) is 0 Å². The summed E-state index contributed by atoms with van der Waals surface area (Å²) in [4.78, 5) is 12.1. The summed E-state index contributed by atoms with van der Waals surface area (Å²) < 4.78 is 46.4. The summed E-state index contributed by atoms with van der Waals surface area (Å²) in [5.41, 5.74) is 0.718. The Labute approximate surface area is 138 Å². The van der Waals surface area contributed by atoms with Crippen LogP contribution in [0.3, 0.4) is 0 Å². The maximum absolute atomic E-state index is 12.2. The Hall–Kier alpha value is -1.96. The number of benzene rings is 1. The lowest BCUT2D eigenvalue weighted by atomic mass is 10.0. The highest BCUT2D eigenvalue weighted by Crippen LogP contribution is 2.29. The van der Waals surface area contributed by atoms with Crippen LogP contribution in [0.2, 0.25) is 0 Å². The van der Waals surface area contributed by atoms with Crippen LogP contribution in [-0.4, -0.2) is 38.4 Å². The van der Waals surface area contributed by atoms with Crippen molar-refractivity contribution in [1.29, 1.82) is 0 Å². The second-order valence-corrected chi connectivity index (χ2v) is 5.61. The van der Waals surface area contributed by atoms with Crippen LogP contribution in [0, 0.1) is 0 Å². The van der Waals surface area contributed by atoms with E-state index in [0.717, 1.165) is 31.4 Å². The van der Waals surface area contributed by atoms with E-state index in [-0.39, 0.29) is 30.0 Å². The minimum Gasteiger partial charge on any atom is -0.493 e. The quantitative estimate of drug-likeness (QED) is 0.830. The summed E-state index contributed by atoms with van der Waals surface area (Å²) >= 11 is 0. The zero-order chi connectivity index (χ0) is 17.6. The van der Waals surface area contributed by atoms with E-state index in [1.54, 1.807) is 12.1 Å². The van der Waals surface area contributed by atoms with Crippen LogP contribution in [-0.2, 0) is 11.3 Å². The highest BCUT2D eigenvalue weighted by atomic mass is 19.4. The van der Waals surface area contributed by atoms with Crippen molar-refractivity contribution in [2.24, 2.45) is 0 Å². The summed E-state index contributed by atoms with van der Waals surface area (Å²) in [5.74, 6) is 0.131. The molecule has 0 saturated carbocycles. The van der Waals surface area contributed by atoms with E-state index in [2.05, 4.69) is 10.6 Å². The zero-order valence-electron chi connectivity index (χ0n) is 13.4. The Morgan fingerprint density at radius 2 is 2.12 bits per heavy atom. The number of carbonyl (C=O) groups is 1. The molecule has 1 atom stereocenters. The topological polar surface area (TPSA) is 59.6 Å². The highest BCUT2D eigenvalue weighted by molar-refractivity contribution is 5.81. The first kappa shape index (κ1) is 18.4. The van der Waals surface area contributed by atoms with Crippen molar-refractivity contribution in [2.45, 2.75) is 38.0 Å². The molecule has 0 aromatic heterocycles. The van der Waals surface area contributed by atoms with Crippen molar-refractivity contribution < 1.29 is 27.4 Å². The van der Waals surface area contributed by atoms with Gasteiger partial charge in [-0.05, 0) is 37.1 Å². The zero-order valence-corrected chi connectivity index (χ0v) is 13.4. The molecular formula is C16H21F3N2O3. The number of piperidine rings is 1. The fourth-order valence-electron chi connectivity index (χ4n) is 2.49. The lowest BCUT2D eigenvalue weighted by molar-refractivity contribution is -0.153. The van der Waals surface area contributed by atoms with E-state index >= 15 is 0 Å². The SMILES string of the molecule is COc1cc(CNC(=O)C2CCCCN2)ccc1OCC(F)(F)F. The van der Waals surface area contributed by atoms with E-state index in [9.17, 15) is 18.0 Å². The van der Waals surface area contributed by atoms with Crippen LogP contribution < -0.4 is 20.1 Å². The van der Waals surface area contributed by atoms with Gasteiger partial charge in [0.1, 0.15) is 0 Å². The Morgan fingerprint density at radius 1 is 1.33 bits per heavy atom. The number of hydrogen-bond acceptors (Lipinski definition) is 4. The van der Waals surface area contributed by atoms with E-state index in [0.29, 0.717) is 0 Å². The predicted octanol–water partition coefficient (Wildman–Crippen LogP) is 2.39. The molecule has 1 aromatic carbocycles. The van der Waals surface area contributed by atoms with Crippen LogP contribution in [0.4, 0.5) is 13.2 Å². The van der Waals surface area contributed by atoms with Gasteiger partial charge in [0, 0.05) is 6.54 Å². The average Bonchev–Trinajstić information content (AvgIpc) is 2.58. The number of alkyl halides is 3. The van der Waals surface area contributed by atoms with E-state index in [4.69, 9.17) is 9.47 Å². The second-order valence-electron chi connectivity index (χ2n) is 5.61. The number of ether oxygens (including phenoxy) is 2. The number of carbonyl (C=O) groups excluding carboxylic acids is 1. The van der Waals surface area contributed by atoms with Gasteiger partial charge in [-0.3, -0.25) is 4.79 Å². The van der Waals surface area contributed by atoms with E-state index in [1.807, 2.05) is 0 Å². The molecule has 1 amide bonds. The van der Waals surface area contributed by atoms with Crippen molar-refractivity contribution in [1.82, 2.24) is 10.6 Å². The first-order chi connectivity index (χ1) is 11.4. The van der Waals surface area contributed by atoms with Gasteiger partial charge in [-0.1, -0.05) is 12.5 Å². The maximum Gasteiger partial charge on any atom is 0.422 e. The molecule has 1 saturated heterocycles. The lowest BCUT2D eigenvalue weighted by Crippen LogP contribution is -2.46. The average molecular weight is 346 g/mol. The maximum atomic E-state index is 12.2. The number of rotatable bonds is 6. The Bertz CT molecular complexity index is 558. The van der Waals surface area contributed by atoms with Gasteiger partial charge in [-0.25, -0.2) is 0 Å². The molecule has 1 aliphatic rings. The third-order valence-electron chi connectivity index (χ3n) is 3.71. The van der Waals surface area contributed by atoms with Gasteiger partial charge in [-0.15, -0.1) is 0 Å². The van der Waals surface area contributed by atoms with Gasteiger partial charge >= 0.3 is 6.18 Å². The molecule has 1 unspecified atom stereocenters. The Morgan fingerprint density at radius 3 is 2.75 bits per heavy atom. The summed E-state index contributed by atoms with van der Waals surface area (Å²) in [6.45, 7) is -0.281. The van der Waals surface area contributed by atoms with Gasteiger partial charge in [0.05, 0.1) is 13.2 Å². The number of nitrogens with one attached hydrogen (secondary N) is 2. The lowest BCUT2D eigenvalue weighted by Gasteiger charge is -2.22. The van der Waals surface area contributed by atoms with Gasteiger partial charge < -0.3 is 20.1 Å². The minimum atomic E-state index is -4.41. The van der Waals surface area contributed by atoms with Crippen LogP contribution >= 0.6 is 0 Å². The molecule has 5 nitrogen and oxygen atoms in total. The van der Waals surface area contributed by atoms with Gasteiger partial charge in [0.15, 0.2) is 18.1 Å². The number of hydrogen-bond donors (Lipinski definition) is 2. The van der Waals surface area contributed by atoms with Gasteiger partial charge in [0.2, 0.25) is 5.91 Å². The predicted molar refractivity (Wildman–Crippen MR) is 82.0 cm³/mol. The molecular weight excluding hydrogens is 325 g/mol. The normalized spacial score (nSPS) is 18.1. The molecule has 0 spiro atoms. The molecule has 1 aromatic rings. The Balaban J connectivity index is 1.92. The molecule has 8 heteroatoms. The second kappa shape index (κ2) is 8.23. The molecule has 1 heterocycles. The molecule has 0 bridgehead atoms. The molecule has 0 radical (unpaired) electrons. The van der Waals surface area contributed by atoms with Crippen molar-refractivity contribution >= 4 is 5.91 Å². The van der Waals surface area contributed by atoms with Crippen LogP contribution in [0.15, 0.2) is 18.2 Å². The van der Waals surface area contributed by atoms with Crippen molar-refractivity contribution in [3.05, 3.63) is 23.8 Å². The first-order valence-electron chi connectivity index (χ1n) is 7.76. The molecule has 1 fully saturated rings. The Kier molecular flexibility index (Phi) is 6.30. The van der Waals surface area contributed by atoms with Crippen molar-refractivity contribution in [2.75, 3.05) is 20.3 Å². The number of methoxy groups -OCH3 is 1. The first-order valence-corrected chi connectivity index (χ1v) is 7.76. The summed E-state index contributed by atoms with van der Waals surface area (Å²) in [5, 5.41) is 5.97. The fourth-order valence-corrected chi connectivity index (χ4v) is 2.49. The highest BCUT2D eigenvalue weighted by Gasteiger charge is 2.29. The fraction of sp³-hybridized carbons (Fsp3) is 0.562. The van der Waals surface area contributed by atoms with E-state index < -0.39 is 12.8 Å². The summed E-state index contributed by atoms with van der Waals surface area (Å²) in [6, 6.07) is 4.38. The standard InChI is InChI=1S/C16H21F3N2O3/c1-23-14-8-11(5-6-13(14)24-10-16(17,18)19)9-21-15(22)12-4-2-3-7-20-12/h5-6,8,12,20H,2-4,7,9-10H2,1H3,(H,21,22). The van der Waals surface area contributed by atoms with Crippen LogP contribution in [0.5, 0.6) is 11.5 Å². The smallest absolute Gasteiger partial charge is 0.422 e. The molecule has 0 aliphatic carbocycles. The molecule has 1 aliphatic heterocycles. The van der Waals surface area contributed by atoms with Crippen molar-refractivity contribution in [3.63, 3.8) is 0 Å². The van der Waals surface area contributed by atoms with Crippen molar-refractivity contribution in [3.8, 4) is 11.5 Å². The summed E-state index contributed by atoms with van der Waals surface area (Å²) in [6.07, 6.45) is -1.52.